The van der Waals surface area contributed by atoms with Crippen LogP contribution in [0.5, 0.6) is 0 Å². The molecule has 2 aliphatic rings. The molecule has 5 nitrogen and oxygen atoms in total. The third-order valence-electron chi connectivity index (χ3n) is 5.73. The van der Waals surface area contributed by atoms with Crippen LogP contribution in [0.25, 0.3) is 10.9 Å². The van der Waals surface area contributed by atoms with Crippen LogP contribution < -0.4 is 5.56 Å². The number of rotatable bonds is 3. The number of aromatic nitrogens is 1. The van der Waals surface area contributed by atoms with E-state index in [1.54, 1.807) is 11.0 Å². The molecule has 1 amide bonds. The van der Waals surface area contributed by atoms with Crippen molar-refractivity contribution in [3.63, 3.8) is 0 Å². The van der Waals surface area contributed by atoms with Gasteiger partial charge in [-0.25, -0.2) is 0 Å². The van der Waals surface area contributed by atoms with Crippen molar-refractivity contribution in [2.24, 2.45) is 5.92 Å². The van der Waals surface area contributed by atoms with Crippen LogP contribution in [-0.2, 0) is 4.74 Å². The molecule has 1 saturated heterocycles. The van der Waals surface area contributed by atoms with Gasteiger partial charge in [-0.05, 0) is 29.9 Å². The van der Waals surface area contributed by atoms with Gasteiger partial charge in [-0.2, -0.15) is 0 Å². The summed E-state index contributed by atoms with van der Waals surface area (Å²) in [5.74, 6) is 0.529. The monoisotopic (exact) mass is 354 g/mol. The lowest BCUT2D eigenvalue weighted by Crippen LogP contribution is -2.47. The largest absolute Gasteiger partial charge is 0.375 e. The molecular weight excluding hydrogens is 328 g/mol. The topological polar surface area (TPSA) is 62.4 Å². The van der Waals surface area contributed by atoms with Gasteiger partial charge in [0.05, 0.1) is 12.7 Å². The molecule has 0 radical (unpaired) electrons. The van der Waals surface area contributed by atoms with E-state index in [-0.39, 0.29) is 23.1 Å². The molecule has 1 atom stereocenters. The Bertz CT molecular complexity index is 839. The van der Waals surface area contributed by atoms with Gasteiger partial charge >= 0.3 is 0 Å². The van der Waals surface area contributed by atoms with Crippen molar-refractivity contribution >= 4 is 16.8 Å². The number of carbonyl (C=O) groups is 1. The highest BCUT2D eigenvalue weighted by atomic mass is 16.5. The number of morpholine rings is 1. The first-order valence-electron chi connectivity index (χ1n) is 9.73. The van der Waals surface area contributed by atoms with Crippen molar-refractivity contribution in [1.29, 1.82) is 0 Å². The molecule has 4 rings (SSSR count). The number of nitrogens with zero attached hydrogens (tertiary/aromatic N) is 1. The molecule has 1 saturated carbocycles. The van der Waals surface area contributed by atoms with Gasteiger partial charge in [-0.1, -0.05) is 50.3 Å². The Morgan fingerprint density at radius 2 is 2.00 bits per heavy atom. The van der Waals surface area contributed by atoms with Crippen LogP contribution in [0, 0.1) is 5.92 Å². The van der Waals surface area contributed by atoms with Crippen LogP contribution in [-0.4, -0.2) is 41.6 Å². The minimum Gasteiger partial charge on any atom is -0.375 e. The van der Waals surface area contributed by atoms with Crippen LogP contribution in [0.2, 0.25) is 0 Å². The van der Waals surface area contributed by atoms with Gasteiger partial charge in [0, 0.05) is 18.6 Å². The quantitative estimate of drug-likeness (QED) is 0.919. The molecule has 0 spiro atoms. The molecule has 1 aromatic carbocycles. The number of para-hydroxylation sites is 1. The van der Waals surface area contributed by atoms with Crippen LogP contribution >= 0.6 is 0 Å². The predicted molar refractivity (Wildman–Crippen MR) is 101 cm³/mol. The smallest absolute Gasteiger partial charge is 0.261 e. The number of benzene rings is 1. The highest BCUT2D eigenvalue weighted by Gasteiger charge is 2.28. The minimum atomic E-state index is -0.316. The van der Waals surface area contributed by atoms with E-state index in [9.17, 15) is 9.59 Å². The first kappa shape index (κ1) is 17.3. The molecule has 5 heteroatoms. The van der Waals surface area contributed by atoms with E-state index in [1.807, 2.05) is 24.3 Å². The number of hydrogen-bond acceptors (Lipinski definition) is 3. The Balaban J connectivity index is 1.48. The molecule has 2 fully saturated rings. The average molecular weight is 354 g/mol. The summed E-state index contributed by atoms with van der Waals surface area (Å²) >= 11 is 0. The number of pyridine rings is 1. The van der Waals surface area contributed by atoms with Crippen molar-refractivity contribution < 1.29 is 9.53 Å². The van der Waals surface area contributed by atoms with E-state index in [0.29, 0.717) is 25.6 Å². The Labute approximate surface area is 153 Å². The average Bonchev–Trinajstić information content (AvgIpc) is 2.68. The molecule has 2 aromatic rings. The van der Waals surface area contributed by atoms with Gasteiger partial charge in [-0.3, -0.25) is 9.59 Å². The highest BCUT2D eigenvalue weighted by molar-refractivity contribution is 5.97. The van der Waals surface area contributed by atoms with E-state index in [1.165, 1.54) is 32.1 Å². The van der Waals surface area contributed by atoms with Crippen LogP contribution in [0.3, 0.4) is 0 Å². The van der Waals surface area contributed by atoms with E-state index in [4.69, 9.17) is 4.74 Å². The summed E-state index contributed by atoms with van der Waals surface area (Å²) in [5, 5.41) is 0.877. The maximum atomic E-state index is 13.0. The SMILES string of the molecule is O=C(c1cc2ccccc2[nH]c1=O)N1CCO[C@H](CC2CCCCC2)C1. The third kappa shape index (κ3) is 3.68. The zero-order valence-corrected chi connectivity index (χ0v) is 15.1. The van der Waals surface area contributed by atoms with Crippen molar-refractivity contribution in [3.05, 3.63) is 46.2 Å². The summed E-state index contributed by atoms with van der Waals surface area (Å²) < 4.78 is 5.92. The fourth-order valence-electron chi connectivity index (χ4n) is 4.32. The maximum absolute atomic E-state index is 13.0. The Kier molecular flexibility index (Phi) is 5.07. The second-order valence-corrected chi connectivity index (χ2v) is 7.58. The van der Waals surface area contributed by atoms with Gasteiger partial charge in [0.25, 0.3) is 11.5 Å². The second-order valence-electron chi connectivity index (χ2n) is 7.58. The normalized spacial score (nSPS) is 21.8. The molecule has 0 bridgehead atoms. The van der Waals surface area contributed by atoms with Gasteiger partial charge in [-0.15, -0.1) is 0 Å². The molecule has 1 aliphatic carbocycles. The van der Waals surface area contributed by atoms with E-state index in [0.717, 1.165) is 17.3 Å². The highest BCUT2D eigenvalue weighted by Crippen LogP contribution is 2.29. The van der Waals surface area contributed by atoms with Crippen LogP contribution in [0.15, 0.2) is 35.1 Å². The summed E-state index contributed by atoms with van der Waals surface area (Å²) in [4.78, 5) is 29.9. The van der Waals surface area contributed by atoms with Crippen molar-refractivity contribution in [3.8, 4) is 0 Å². The molecule has 1 aromatic heterocycles. The molecule has 26 heavy (non-hydrogen) atoms. The van der Waals surface area contributed by atoms with E-state index in [2.05, 4.69) is 4.98 Å². The van der Waals surface area contributed by atoms with Gasteiger partial charge in [0.1, 0.15) is 5.56 Å². The molecule has 1 N–H and O–H groups in total. The third-order valence-corrected chi connectivity index (χ3v) is 5.73. The lowest BCUT2D eigenvalue weighted by molar-refractivity contribution is -0.0337. The first-order valence-corrected chi connectivity index (χ1v) is 9.73. The van der Waals surface area contributed by atoms with Gasteiger partial charge < -0.3 is 14.6 Å². The number of amides is 1. The van der Waals surface area contributed by atoms with Crippen LogP contribution in [0.1, 0.15) is 48.9 Å². The lowest BCUT2D eigenvalue weighted by Gasteiger charge is -2.35. The Morgan fingerprint density at radius 1 is 1.19 bits per heavy atom. The summed E-state index contributed by atoms with van der Waals surface area (Å²) in [6.07, 6.45) is 7.64. The number of fused-ring (bicyclic) bond motifs is 1. The van der Waals surface area contributed by atoms with Crippen LogP contribution in [0.4, 0.5) is 0 Å². The fraction of sp³-hybridized carbons (Fsp3) is 0.524. The summed E-state index contributed by atoms with van der Waals surface area (Å²) in [6.45, 7) is 1.68. The van der Waals surface area contributed by atoms with Crippen molar-refractivity contribution in [2.45, 2.75) is 44.6 Å². The fourth-order valence-corrected chi connectivity index (χ4v) is 4.32. The van der Waals surface area contributed by atoms with Crippen molar-refractivity contribution in [1.82, 2.24) is 9.88 Å². The molecule has 138 valence electrons. The second kappa shape index (κ2) is 7.62. The van der Waals surface area contributed by atoms with Gasteiger partial charge in [0.2, 0.25) is 0 Å². The molecular formula is C21H26N2O3. The zero-order valence-electron chi connectivity index (χ0n) is 15.1. The van der Waals surface area contributed by atoms with E-state index >= 15 is 0 Å². The van der Waals surface area contributed by atoms with Gasteiger partial charge in [0.15, 0.2) is 0 Å². The Hall–Kier alpha value is -2.14. The predicted octanol–water partition coefficient (Wildman–Crippen LogP) is 3.34. The minimum absolute atomic E-state index is 0.0929. The number of carbonyl (C=O) groups excluding carboxylic acids is 1. The Morgan fingerprint density at radius 3 is 2.85 bits per heavy atom. The molecule has 2 heterocycles. The maximum Gasteiger partial charge on any atom is 0.261 e. The molecule has 1 aliphatic heterocycles. The number of ether oxygens (including phenoxy) is 1. The number of nitrogens with one attached hydrogen (secondary N) is 1. The summed E-state index contributed by atoms with van der Waals surface area (Å²) in [7, 11) is 0. The summed E-state index contributed by atoms with van der Waals surface area (Å²) in [6, 6.07) is 9.25. The summed E-state index contributed by atoms with van der Waals surface area (Å²) in [5.41, 5.74) is 0.664. The zero-order chi connectivity index (χ0) is 17.9. The first-order chi connectivity index (χ1) is 12.7. The lowest BCUT2D eigenvalue weighted by atomic mass is 9.85. The number of H-pyrrole nitrogens is 1. The standard InChI is InChI=1S/C21H26N2O3/c24-20-18(13-16-8-4-5-9-19(16)22-20)21(25)23-10-11-26-17(14-23)12-15-6-2-1-3-7-15/h4-5,8-9,13,15,17H,1-3,6-7,10-12,14H2,(H,22,24)/t17-/m1/s1. The van der Waals surface area contributed by atoms with Crippen molar-refractivity contribution in [2.75, 3.05) is 19.7 Å². The van der Waals surface area contributed by atoms with E-state index < -0.39 is 0 Å². The number of hydrogen-bond donors (Lipinski definition) is 1. The number of aromatic amines is 1. The molecule has 0 unspecified atom stereocenters.